The van der Waals surface area contributed by atoms with Crippen molar-refractivity contribution in [2.24, 2.45) is 0 Å². The molecule has 1 aromatic heterocycles. The number of aliphatic hydroxyl groups is 1. The molecule has 1 atom stereocenters. The van der Waals surface area contributed by atoms with E-state index in [0.717, 1.165) is 0 Å². The maximum absolute atomic E-state index is 12.0. The van der Waals surface area contributed by atoms with Crippen LogP contribution in [0.3, 0.4) is 0 Å². The van der Waals surface area contributed by atoms with Crippen molar-refractivity contribution in [1.29, 1.82) is 0 Å². The number of sulfonamides is 1. The van der Waals surface area contributed by atoms with Gasteiger partial charge < -0.3 is 9.52 Å². The Morgan fingerprint density at radius 3 is 2.74 bits per heavy atom. The Morgan fingerprint density at radius 2 is 2.05 bits per heavy atom. The maximum atomic E-state index is 12.0. The summed E-state index contributed by atoms with van der Waals surface area (Å²) in [5.74, 6) is 0. The van der Waals surface area contributed by atoms with E-state index in [2.05, 4.69) is 4.72 Å². The first kappa shape index (κ1) is 13.7. The lowest BCUT2D eigenvalue weighted by Gasteiger charge is -2.11. The summed E-state index contributed by atoms with van der Waals surface area (Å²) in [7, 11) is -3.70. The highest BCUT2D eigenvalue weighted by molar-refractivity contribution is 7.89. The zero-order valence-electron chi connectivity index (χ0n) is 10.2. The van der Waals surface area contributed by atoms with Gasteiger partial charge in [0.1, 0.15) is 5.58 Å². The molecule has 0 amide bonds. The molecule has 0 radical (unpaired) electrons. The highest BCUT2D eigenvalue weighted by Gasteiger charge is 2.17. The summed E-state index contributed by atoms with van der Waals surface area (Å²) in [6.45, 7) is 1.26. The molecule has 19 heavy (non-hydrogen) atoms. The van der Waals surface area contributed by atoms with Crippen molar-refractivity contribution in [2.75, 3.05) is 6.61 Å². The van der Waals surface area contributed by atoms with Gasteiger partial charge in [-0.2, -0.15) is 0 Å². The molecule has 102 valence electrons. The molecule has 0 aliphatic rings. The second-order valence-electron chi connectivity index (χ2n) is 4.16. The Morgan fingerprint density at radius 1 is 1.32 bits per heavy atom. The topological polar surface area (TPSA) is 96.6 Å². The van der Waals surface area contributed by atoms with E-state index in [1.54, 1.807) is 6.92 Å². The van der Waals surface area contributed by atoms with Gasteiger partial charge in [0.15, 0.2) is 0 Å². The van der Waals surface area contributed by atoms with Crippen LogP contribution in [0.4, 0.5) is 0 Å². The fourth-order valence-corrected chi connectivity index (χ4v) is 2.86. The average molecular weight is 283 g/mol. The average Bonchev–Trinajstić information content (AvgIpc) is 2.37. The van der Waals surface area contributed by atoms with Gasteiger partial charge in [-0.05, 0) is 31.2 Å². The Labute approximate surface area is 109 Å². The van der Waals surface area contributed by atoms with Gasteiger partial charge in [0.25, 0.3) is 0 Å². The lowest BCUT2D eigenvalue weighted by Crippen LogP contribution is -2.34. The minimum atomic E-state index is -3.70. The molecule has 6 nitrogen and oxygen atoms in total. The van der Waals surface area contributed by atoms with E-state index >= 15 is 0 Å². The van der Waals surface area contributed by atoms with Crippen LogP contribution in [0.1, 0.15) is 6.92 Å². The quantitative estimate of drug-likeness (QED) is 0.794. The Bertz CT molecular complexity index is 750. The maximum Gasteiger partial charge on any atom is 0.336 e. The molecule has 0 saturated carbocycles. The van der Waals surface area contributed by atoms with Crippen molar-refractivity contribution >= 4 is 21.0 Å². The minimum Gasteiger partial charge on any atom is -0.423 e. The smallest absolute Gasteiger partial charge is 0.336 e. The van der Waals surface area contributed by atoms with E-state index in [4.69, 9.17) is 9.52 Å². The van der Waals surface area contributed by atoms with Crippen LogP contribution in [0.5, 0.6) is 0 Å². The Kier molecular flexibility index (Phi) is 3.70. The van der Waals surface area contributed by atoms with Crippen LogP contribution in [0.15, 0.2) is 44.4 Å². The molecule has 1 heterocycles. The molecule has 0 spiro atoms. The number of fused-ring (bicyclic) bond motifs is 1. The molecule has 1 aromatic carbocycles. The highest BCUT2D eigenvalue weighted by Crippen LogP contribution is 2.17. The van der Waals surface area contributed by atoms with E-state index in [9.17, 15) is 13.2 Å². The fraction of sp³-hybridized carbons (Fsp3) is 0.250. The van der Waals surface area contributed by atoms with E-state index in [1.165, 1.54) is 30.3 Å². The summed E-state index contributed by atoms with van der Waals surface area (Å²) in [4.78, 5) is 11.1. The van der Waals surface area contributed by atoms with Crippen LogP contribution in [-0.4, -0.2) is 26.2 Å². The van der Waals surface area contributed by atoms with Crippen LogP contribution in [0, 0.1) is 0 Å². The number of hydrogen-bond donors (Lipinski definition) is 2. The van der Waals surface area contributed by atoms with Gasteiger partial charge in [0.05, 0.1) is 11.5 Å². The second-order valence-corrected chi connectivity index (χ2v) is 5.87. The summed E-state index contributed by atoms with van der Waals surface area (Å²) in [6.07, 6.45) is 0. The standard InChI is InChI=1S/C12H13NO5S/c1-8(7-14)13-19(16,17)10-3-4-11-9(6-10)2-5-12(15)18-11/h2-6,8,13-14H,7H2,1H3/t8-/m0/s1. The predicted octanol–water partition coefficient (Wildman–Crippen LogP) is 0.452. The van der Waals surface area contributed by atoms with Crippen LogP contribution in [0.2, 0.25) is 0 Å². The van der Waals surface area contributed by atoms with E-state index < -0.39 is 21.7 Å². The van der Waals surface area contributed by atoms with Gasteiger partial charge in [-0.15, -0.1) is 0 Å². The largest absolute Gasteiger partial charge is 0.423 e. The Hall–Kier alpha value is -1.70. The van der Waals surface area contributed by atoms with Gasteiger partial charge in [0.2, 0.25) is 10.0 Å². The van der Waals surface area contributed by atoms with E-state index in [-0.39, 0.29) is 11.5 Å². The van der Waals surface area contributed by atoms with Crippen LogP contribution >= 0.6 is 0 Å². The lowest BCUT2D eigenvalue weighted by molar-refractivity contribution is 0.265. The lowest BCUT2D eigenvalue weighted by atomic mass is 10.2. The minimum absolute atomic E-state index is 0.0501. The molecule has 0 saturated heterocycles. The van der Waals surface area contributed by atoms with Crippen molar-refractivity contribution in [1.82, 2.24) is 4.72 Å². The van der Waals surface area contributed by atoms with Gasteiger partial charge >= 0.3 is 5.63 Å². The van der Waals surface area contributed by atoms with Crippen molar-refractivity contribution in [3.63, 3.8) is 0 Å². The molecule has 7 heteroatoms. The van der Waals surface area contributed by atoms with Crippen LogP contribution in [-0.2, 0) is 10.0 Å². The number of aliphatic hydroxyl groups excluding tert-OH is 1. The summed E-state index contributed by atoms with van der Waals surface area (Å²) in [6, 6.07) is 6.32. The van der Waals surface area contributed by atoms with Gasteiger partial charge in [-0.25, -0.2) is 17.9 Å². The molecule has 0 bridgehead atoms. The van der Waals surface area contributed by atoms with Crippen molar-refractivity contribution in [3.05, 3.63) is 40.8 Å². The first-order valence-corrected chi connectivity index (χ1v) is 7.08. The van der Waals surface area contributed by atoms with E-state index in [1.807, 2.05) is 0 Å². The SMILES string of the molecule is C[C@@H](CO)NS(=O)(=O)c1ccc2oc(=O)ccc2c1. The normalized spacial score (nSPS) is 13.6. The van der Waals surface area contributed by atoms with Gasteiger partial charge in [-0.3, -0.25) is 0 Å². The van der Waals surface area contributed by atoms with Gasteiger partial charge in [-0.1, -0.05) is 0 Å². The number of benzene rings is 1. The summed E-state index contributed by atoms with van der Waals surface area (Å²) in [5, 5.41) is 9.38. The van der Waals surface area contributed by atoms with Gasteiger partial charge in [0, 0.05) is 17.5 Å². The van der Waals surface area contributed by atoms with E-state index in [0.29, 0.717) is 11.0 Å². The predicted molar refractivity (Wildman–Crippen MR) is 69.4 cm³/mol. The van der Waals surface area contributed by atoms with Crippen LogP contribution < -0.4 is 10.3 Å². The molecule has 0 unspecified atom stereocenters. The monoisotopic (exact) mass is 283 g/mol. The summed E-state index contributed by atoms with van der Waals surface area (Å²) >= 11 is 0. The fourth-order valence-electron chi connectivity index (χ4n) is 1.59. The third-order valence-corrected chi connectivity index (χ3v) is 4.12. The first-order chi connectivity index (χ1) is 8.92. The molecular weight excluding hydrogens is 270 g/mol. The van der Waals surface area contributed by atoms with Crippen molar-refractivity contribution in [3.8, 4) is 0 Å². The number of hydrogen-bond acceptors (Lipinski definition) is 5. The second kappa shape index (κ2) is 5.12. The zero-order chi connectivity index (χ0) is 14.0. The zero-order valence-corrected chi connectivity index (χ0v) is 11.0. The van der Waals surface area contributed by atoms with Crippen molar-refractivity contribution < 1.29 is 17.9 Å². The third-order valence-electron chi connectivity index (χ3n) is 2.53. The molecule has 0 fully saturated rings. The molecule has 2 aromatic rings. The molecule has 0 aliphatic carbocycles. The molecule has 2 rings (SSSR count). The molecule has 2 N–H and O–H groups in total. The molecular formula is C12H13NO5S. The number of nitrogens with one attached hydrogen (secondary N) is 1. The number of rotatable bonds is 4. The highest BCUT2D eigenvalue weighted by atomic mass is 32.2. The summed E-state index contributed by atoms with van der Waals surface area (Å²) < 4.78 is 31.2. The van der Waals surface area contributed by atoms with Crippen LogP contribution in [0.25, 0.3) is 11.0 Å². The van der Waals surface area contributed by atoms with Crippen molar-refractivity contribution in [2.45, 2.75) is 17.9 Å². The third kappa shape index (κ3) is 3.01. The Balaban J connectivity index is 2.46. The summed E-state index contributed by atoms with van der Waals surface area (Å²) in [5.41, 5.74) is -0.170. The molecule has 0 aliphatic heterocycles. The first-order valence-electron chi connectivity index (χ1n) is 5.59.